The number of nitriles is 1. The molecule has 3 heteroatoms. The van der Waals surface area contributed by atoms with Crippen molar-refractivity contribution < 1.29 is 4.79 Å². The maximum atomic E-state index is 12.3. The van der Waals surface area contributed by atoms with Crippen molar-refractivity contribution in [3.63, 3.8) is 0 Å². The lowest BCUT2D eigenvalue weighted by Crippen LogP contribution is -2.33. The molecular weight excluding hydrogens is 302 g/mol. The number of ketones is 1. The molecule has 0 radical (unpaired) electrons. The van der Waals surface area contributed by atoms with Gasteiger partial charge in [-0.15, -0.1) is 0 Å². The summed E-state index contributed by atoms with van der Waals surface area (Å²) in [5.41, 5.74) is 1.79. The van der Waals surface area contributed by atoms with Gasteiger partial charge in [0.05, 0.1) is 16.8 Å². The Labute approximate surface area is 124 Å². The fourth-order valence-electron chi connectivity index (χ4n) is 2.26. The number of halogens is 1. The molecule has 1 rings (SSSR count). The van der Waals surface area contributed by atoms with Crippen LogP contribution in [0.2, 0.25) is 0 Å². The molecule has 1 atom stereocenters. The van der Waals surface area contributed by atoms with Crippen LogP contribution in [0.4, 0.5) is 0 Å². The highest BCUT2D eigenvalue weighted by Crippen LogP contribution is 2.32. The van der Waals surface area contributed by atoms with Crippen LogP contribution >= 0.6 is 15.9 Å². The van der Waals surface area contributed by atoms with Gasteiger partial charge in [-0.25, -0.2) is 0 Å². The fourth-order valence-corrected chi connectivity index (χ4v) is 2.88. The molecule has 2 nitrogen and oxygen atoms in total. The summed E-state index contributed by atoms with van der Waals surface area (Å²) in [6, 6.07) is 10.3. The van der Waals surface area contributed by atoms with E-state index in [1.807, 2.05) is 32.0 Å². The van der Waals surface area contributed by atoms with Gasteiger partial charge in [0.25, 0.3) is 0 Å². The van der Waals surface area contributed by atoms with Gasteiger partial charge in [0.2, 0.25) is 0 Å². The Kier molecular flexibility index (Phi) is 6.24. The minimum atomic E-state index is -0.453. The van der Waals surface area contributed by atoms with Crippen LogP contribution in [0.15, 0.2) is 24.3 Å². The van der Waals surface area contributed by atoms with Crippen molar-refractivity contribution in [1.29, 1.82) is 5.26 Å². The van der Waals surface area contributed by atoms with Crippen LogP contribution in [0.25, 0.3) is 0 Å². The van der Waals surface area contributed by atoms with Gasteiger partial charge in [0.15, 0.2) is 5.78 Å². The number of hydrogen-bond donors (Lipinski definition) is 0. The fraction of sp³-hybridized carbons (Fsp3) is 0.500. The number of benzene rings is 1. The van der Waals surface area contributed by atoms with E-state index in [0.717, 1.165) is 24.8 Å². The number of carbonyl (C=O) groups is 1. The molecule has 102 valence electrons. The van der Waals surface area contributed by atoms with E-state index in [0.29, 0.717) is 11.8 Å². The second-order valence-electron chi connectivity index (χ2n) is 5.12. The van der Waals surface area contributed by atoms with Crippen molar-refractivity contribution in [2.24, 2.45) is 0 Å². The molecule has 0 saturated carbocycles. The lowest BCUT2D eigenvalue weighted by atomic mass is 9.75. The van der Waals surface area contributed by atoms with Gasteiger partial charge in [0.1, 0.15) is 0 Å². The first-order valence-corrected chi connectivity index (χ1v) is 7.70. The van der Waals surface area contributed by atoms with E-state index in [2.05, 4.69) is 28.1 Å². The Morgan fingerprint density at radius 3 is 2.74 bits per heavy atom. The number of Topliss-reactive ketones (excluding diaryl/α,β-unsaturated/α-hetero) is 1. The summed E-state index contributed by atoms with van der Waals surface area (Å²) in [4.78, 5) is 12.3. The van der Waals surface area contributed by atoms with Crippen LogP contribution < -0.4 is 0 Å². The molecule has 0 aliphatic carbocycles. The Morgan fingerprint density at radius 2 is 2.16 bits per heavy atom. The Hall–Kier alpha value is -1.14. The maximum absolute atomic E-state index is 12.3. The van der Waals surface area contributed by atoms with Crippen molar-refractivity contribution in [2.45, 2.75) is 44.9 Å². The number of unbranched alkanes of at least 4 members (excludes halogenated alkanes) is 2. The van der Waals surface area contributed by atoms with Crippen LogP contribution in [0.1, 0.15) is 43.7 Å². The number of rotatable bonds is 7. The molecule has 1 unspecified atom stereocenters. The van der Waals surface area contributed by atoms with Crippen LogP contribution in [0, 0.1) is 18.3 Å². The van der Waals surface area contributed by atoms with Crippen molar-refractivity contribution in [3.05, 3.63) is 35.4 Å². The zero-order chi connectivity index (χ0) is 14.3. The van der Waals surface area contributed by atoms with Gasteiger partial charge < -0.3 is 0 Å². The average Bonchev–Trinajstić information content (AvgIpc) is 2.42. The Morgan fingerprint density at radius 1 is 1.42 bits per heavy atom. The molecular formula is C16H20BrNO. The molecule has 0 fully saturated rings. The molecule has 0 amide bonds. The summed E-state index contributed by atoms with van der Waals surface area (Å²) < 4.78 is 0. The first-order valence-electron chi connectivity index (χ1n) is 6.58. The van der Waals surface area contributed by atoms with Crippen LogP contribution in [0.5, 0.6) is 0 Å². The predicted octanol–water partition coefficient (Wildman–Crippen LogP) is 4.30. The van der Waals surface area contributed by atoms with Gasteiger partial charge in [-0.1, -0.05) is 52.2 Å². The predicted molar refractivity (Wildman–Crippen MR) is 81.4 cm³/mol. The highest BCUT2D eigenvalue weighted by atomic mass is 79.9. The van der Waals surface area contributed by atoms with Gasteiger partial charge in [-0.3, -0.25) is 4.79 Å². The van der Waals surface area contributed by atoms with Crippen molar-refractivity contribution in [1.82, 2.24) is 0 Å². The quantitative estimate of drug-likeness (QED) is 0.555. The molecule has 0 aliphatic heterocycles. The first kappa shape index (κ1) is 15.9. The van der Waals surface area contributed by atoms with Gasteiger partial charge >= 0.3 is 0 Å². The summed E-state index contributed by atoms with van der Waals surface area (Å²) >= 11 is 3.29. The van der Waals surface area contributed by atoms with E-state index in [1.165, 1.54) is 5.56 Å². The van der Waals surface area contributed by atoms with E-state index < -0.39 is 5.41 Å². The number of alkyl halides is 1. The van der Waals surface area contributed by atoms with Gasteiger partial charge in [-0.05, 0) is 32.3 Å². The van der Waals surface area contributed by atoms with E-state index in [4.69, 9.17) is 5.26 Å². The third-order valence-electron chi connectivity index (χ3n) is 3.61. The molecule has 0 spiro atoms. The molecule has 0 heterocycles. The van der Waals surface area contributed by atoms with Crippen molar-refractivity contribution in [2.75, 3.05) is 5.33 Å². The van der Waals surface area contributed by atoms with E-state index in [1.54, 1.807) is 0 Å². The van der Waals surface area contributed by atoms with Gasteiger partial charge in [0, 0.05) is 6.42 Å². The largest absolute Gasteiger partial charge is 0.298 e. The number of hydrogen-bond acceptors (Lipinski definition) is 2. The highest BCUT2D eigenvalue weighted by Gasteiger charge is 2.33. The monoisotopic (exact) mass is 321 g/mol. The molecule has 1 aromatic rings. The first-order chi connectivity index (χ1) is 9.04. The van der Waals surface area contributed by atoms with Crippen LogP contribution in [-0.2, 0) is 10.2 Å². The van der Waals surface area contributed by atoms with Crippen LogP contribution in [0.3, 0.4) is 0 Å². The van der Waals surface area contributed by atoms with Crippen molar-refractivity contribution >= 4 is 21.7 Å². The summed E-state index contributed by atoms with van der Waals surface area (Å²) in [5.74, 6) is 0.204. The number of aryl methyl sites for hydroxylation is 1. The lowest BCUT2D eigenvalue weighted by molar-refractivity contribution is -0.121. The molecule has 0 N–H and O–H groups in total. The Bertz CT molecular complexity index is 478. The van der Waals surface area contributed by atoms with E-state index >= 15 is 0 Å². The minimum absolute atomic E-state index is 0.204. The third-order valence-corrected chi connectivity index (χ3v) is 4.12. The molecule has 1 aromatic carbocycles. The average molecular weight is 322 g/mol. The van der Waals surface area contributed by atoms with Crippen molar-refractivity contribution in [3.8, 4) is 6.07 Å². The molecule has 0 aromatic heterocycles. The summed E-state index contributed by atoms with van der Waals surface area (Å²) in [5, 5.41) is 8.95. The zero-order valence-corrected chi connectivity index (χ0v) is 13.2. The number of carbonyl (C=O) groups excluding carboxylic acids is 1. The second-order valence-corrected chi connectivity index (χ2v) is 5.68. The normalized spacial score (nSPS) is 13.6. The third kappa shape index (κ3) is 4.18. The number of nitrogens with zero attached hydrogens (tertiary/aromatic N) is 1. The van der Waals surface area contributed by atoms with Gasteiger partial charge in [-0.2, -0.15) is 5.26 Å². The minimum Gasteiger partial charge on any atom is -0.298 e. The zero-order valence-electron chi connectivity index (χ0n) is 11.6. The summed E-state index contributed by atoms with van der Waals surface area (Å²) in [6.07, 6.45) is 3.11. The standard InChI is InChI=1S/C16H20BrNO/c1-13-7-6-8-14(11-13)16(2,15(19)12-17)9-4-3-5-10-18/h6-8,11H,3-5,9,12H2,1-2H3. The van der Waals surface area contributed by atoms with E-state index in [-0.39, 0.29) is 5.78 Å². The molecule has 0 bridgehead atoms. The second kappa shape index (κ2) is 7.45. The smallest absolute Gasteiger partial charge is 0.153 e. The lowest BCUT2D eigenvalue weighted by Gasteiger charge is -2.28. The van der Waals surface area contributed by atoms with Crippen LogP contribution in [-0.4, -0.2) is 11.1 Å². The SMILES string of the molecule is Cc1cccc(C(C)(CCCCC#N)C(=O)CBr)c1. The van der Waals surface area contributed by atoms with E-state index in [9.17, 15) is 4.79 Å². The molecule has 0 saturated heterocycles. The Balaban J connectivity index is 2.93. The maximum Gasteiger partial charge on any atom is 0.153 e. The summed E-state index contributed by atoms with van der Waals surface area (Å²) in [7, 11) is 0. The molecule has 0 aliphatic rings. The highest BCUT2D eigenvalue weighted by molar-refractivity contribution is 9.09. The topological polar surface area (TPSA) is 40.9 Å². The molecule has 19 heavy (non-hydrogen) atoms. The summed E-state index contributed by atoms with van der Waals surface area (Å²) in [6.45, 7) is 4.05.